The van der Waals surface area contributed by atoms with E-state index >= 15 is 0 Å². The summed E-state index contributed by atoms with van der Waals surface area (Å²) in [5.74, 6) is 0.486. The maximum absolute atomic E-state index is 13.1. The molecule has 9 heteroatoms. The number of anilines is 2. The van der Waals surface area contributed by atoms with Crippen molar-refractivity contribution < 1.29 is 27.1 Å². The minimum atomic E-state index is -3.55. The molecule has 1 amide bonds. The van der Waals surface area contributed by atoms with Gasteiger partial charge in [-0.3, -0.25) is 9.10 Å². The summed E-state index contributed by atoms with van der Waals surface area (Å²) in [5.41, 5.74) is 0.929. The maximum atomic E-state index is 13.1. The molecule has 0 bridgehead atoms. The third-order valence-corrected chi connectivity index (χ3v) is 5.13. The monoisotopic (exact) mass is 394 g/mol. The highest BCUT2D eigenvalue weighted by Gasteiger charge is 2.18. The van der Waals surface area contributed by atoms with Crippen molar-refractivity contribution in [3.63, 3.8) is 0 Å². The van der Waals surface area contributed by atoms with Crippen LogP contribution < -0.4 is 19.1 Å². The average molecular weight is 394 g/mol. The number of hydrogen-bond donors (Lipinski definition) is 1. The van der Waals surface area contributed by atoms with E-state index < -0.39 is 15.8 Å². The minimum Gasteiger partial charge on any atom is -0.454 e. The summed E-state index contributed by atoms with van der Waals surface area (Å²) in [6, 6.07) is 10.2. The molecule has 0 atom stereocenters. The summed E-state index contributed by atoms with van der Waals surface area (Å²) >= 11 is 0. The van der Waals surface area contributed by atoms with Crippen LogP contribution in [-0.4, -0.2) is 33.9 Å². The molecule has 2 aromatic carbocycles. The van der Waals surface area contributed by atoms with E-state index in [2.05, 4.69) is 5.32 Å². The van der Waals surface area contributed by atoms with Crippen LogP contribution in [0, 0.1) is 5.82 Å². The average Bonchev–Trinajstić information content (AvgIpc) is 3.06. The standard InChI is InChI=1S/C18H19FN2O5S/c1-27(23,24)21(15-7-4-13(19)5-8-15)10-2-3-18(22)20-14-6-9-16-17(11-14)26-12-25-16/h4-9,11H,2-3,10,12H2,1H3,(H,20,22). The van der Waals surface area contributed by atoms with Gasteiger partial charge >= 0.3 is 0 Å². The van der Waals surface area contributed by atoms with Gasteiger partial charge in [-0.15, -0.1) is 0 Å². The molecule has 0 unspecified atom stereocenters. The first-order valence-electron chi connectivity index (χ1n) is 8.26. The van der Waals surface area contributed by atoms with Crippen molar-refractivity contribution >= 4 is 27.3 Å². The van der Waals surface area contributed by atoms with Gasteiger partial charge in [0.2, 0.25) is 22.7 Å². The number of hydrogen-bond acceptors (Lipinski definition) is 5. The molecule has 1 heterocycles. The Morgan fingerprint density at radius 1 is 1.15 bits per heavy atom. The molecule has 27 heavy (non-hydrogen) atoms. The van der Waals surface area contributed by atoms with Crippen LogP contribution >= 0.6 is 0 Å². The van der Waals surface area contributed by atoms with E-state index in [0.717, 1.165) is 10.6 Å². The molecule has 7 nitrogen and oxygen atoms in total. The van der Waals surface area contributed by atoms with Crippen LogP contribution in [0.2, 0.25) is 0 Å². The molecule has 0 fully saturated rings. The van der Waals surface area contributed by atoms with E-state index in [-0.39, 0.29) is 25.7 Å². The van der Waals surface area contributed by atoms with Crippen LogP contribution in [-0.2, 0) is 14.8 Å². The van der Waals surface area contributed by atoms with Crippen molar-refractivity contribution in [3.05, 3.63) is 48.3 Å². The highest BCUT2D eigenvalue weighted by molar-refractivity contribution is 7.92. The van der Waals surface area contributed by atoms with Crippen molar-refractivity contribution in [2.75, 3.05) is 29.2 Å². The quantitative estimate of drug-likeness (QED) is 0.781. The summed E-state index contributed by atoms with van der Waals surface area (Å²) < 4.78 is 48.7. The van der Waals surface area contributed by atoms with Gasteiger partial charge in [-0.25, -0.2) is 12.8 Å². The van der Waals surface area contributed by atoms with Gasteiger partial charge in [0.1, 0.15) is 5.82 Å². The number of fused-ring (bicyclic) bond motifs is 1. The van der Waals surface area contributed by atoms with E-state index in [1.807, 2.05) is 0 Å². The van der Waals surface area contributed by atoms with Crippen molar-refractivity contribution in [1.29, 1.82) is 0 Å². The lowest BCUT2D eigenvalue weighted by Gasteiger charge is -2.22. The number of carbonyl (C=O) groups excluding carboxylic acids is 1. The van der Waals surface area contributed by atoms with Gasteiger partial charge in [-0.2, -0.15) is 0 Å². The van der Waals surface area contributed by atoms with E-state index in [9.17, 15) is 17.6 Å². The normalized spacial score (nSPS) is 12.7. The number of amides is 1. The van der Waals surface area contributed by atoms with Crippen LogP contribution in [0.15, 0.2) is 42.5 Å². The van der Waals surface area contributed by atoms with Gasteiger partial charge in [0.15, 0.2) is 11.5 Å². The van der Waals surface area contributed by atoms with Crippen molar-refractivity contribution in [2.45, 2.75) is 12.8 Å². The third-order valence-electron chi connectivity index (χ3n) is 3.94. The molecule has 0 aliphatic carbocycles. The molecular weight excluding hydrogens is 375 g/mol. The summed E-state index contributed by atoms with van der Waals surface area (Å²) in [6.45, 7) is 0.260. The number of carbonyl (C=O) groups is 1. The Hall–Kier alpha value is -2.81. The van der Waals surface area contributed by atoms with E-state index in [0.29, 0.717) is 29.3 Å². The molecule has 0 saturated carbocycles. The zero-order valence-corrected chi connectivity index (χ0v) is 15.5. The lowest BCUT2D eigenvalue weighted by Crippen LogP contribution is -2.31. The third kappa shape index (κ3) is 4.88. The van der Waals surface area contributed by atoms with Gasteiger partial charge in [-0.1, -0.05) is 0 Å². The summed E-state index contributed by atoms with van der Waals surface area (Å²) in [7, 11) is -3.55. The summed E-state index contributed by atoms with van der Waals surface area (Å²) in [4.78, 5) is 12.1. The Morgan fingerprint density at radius 3 is 2.56 bits per heavy atom. The summed E-state index contributed by atoms with van der Waals surface area (Å²) in [6.07, 6.45) is 1.51. The molecule has 2 aromatic rings. The van der Waals surface area contributed by atoms with Crippen molar-refractivity contribution in [1.82, 2.24) is 0 Å². The Balaban J connectivity index is 1.56. The lowest BCUT2D eigenvalue weighted by atomic mass is 10.2. The van der Waals surface area contributed by atoms with Gasteiger partial charge in [0, 0.05) is 24.7 Å². The number of nitrogens with one attached hydrogen (secondary N) is 1. The van der Waals surface area contributed by atoms with Gasteiger partial charge in [0.25, 0.3) is 0 Å². The highest BCUT2D eigenvalue weighted by atomic mass is 32.2. The molecule has 1 aliphatic rings. The first-order valence-corrected chi connectivity index (χ1v) is 10.1. The zero-order chi connectivity index (χ0) is 19.4. The molecule has 0 radical (unpaired) electrons. The summed E-state index contributed by atoms with van der Waals surface area (Å²) in [5, 5.41) is 2.74. The van der Waals surface area contributed by atoms with E-state index in [4.69, 9.17) is 9.47 Å². The van der Waals surface area contributed by atoms with Crippen molar-refractivity contribution in [2.24, 2.45) is 0 Å². The largest absolute Gasteiger partial charge is 0.454 e. The van der Waals surface area contributed by atoms with Crippen LogP contribution in [0.4, 0.5) is 15.8 Å². The Bertz CT molecular complexity index is 931. The highest BCUT2D eigenvalue weighted by Crippen LogP contribution is 2.34. The topological polar surface area (TPSA) is 84.9 Å². The number of nitrogens with zero attached hydrogens (tertiary/aromatic N) is 1. The van der Waals surface area contributed by atoms with Crippen LogP contribution in [0.3, 0.4) is 0 Å². The molecular formula is C18H19FN2O5S. The van der Waals surface area contributed by atoms with Gasteiger partial charge in [0.05, 0.1) is 11.9 Å². The maximum Gasteiger partial charge on any atom is 0.232 e. The molecule has 3 rings (SSSR count). The Labute approximate surface area is 156 Å². The van der Waals surface area contributed by atoms with Crippen molar-refractivity contribution in [3.8, 4) is 11.5 Å². The van der Waals surface area contributed by atoms with Crippen LogP contribution in [0.1, 0.15) is 12.8 Å². The predicted octanol–water partition coefficient (Wildman–Crippen LogP) is 2.74. The minimum absolute atomic E-state index is 0.110. The molecule has 0 saturated heterocycles. The number of sulfonamides is 1. The smallest absolute Gasteiger partial charge is 0.232 e. The van der Waals surface area contributed by atoms with Crippen LogP contribution in [0.25, 0.3) is 0 Å². The molecule has 144 valence electrons. The Morgan fingerprint density at radius 2 is 1.85 bits per heavy atom. The number of benzene rings is 2. The Kier molecular flexibility index (Phi) is 5.50. The first-order chi connectivity index (χ1) is 12.8. The zero-order valence-electron chi connectivity index (χ0n) is 14.6. The molecule has 0 spiro atoms. The first kappa shape index (κ1) is 19.0. The fourth-order valence-electron chi connectivity index (χ4n) is 2.67. The second-order valence-electron chi connectivity index (χ2n) is 6.03. The second kappa shape index (κ2) is 7.83. The fourth-order valence-corrected chi connectivity index (χ4v) is 3.64. The number of rotatable bonds is 7. The number of ether oxygens (including phenoxy) is 2. The fraction of sp³-hybridized carbons (Fsp3) is 0.278. The predicted molar refractivity (Wildman–Crippen MR) is 99.0 cm³/mol. The van der Waals surface area contributed by atoms with E-state index in [1.54, 1.807) is 18.2 Å². The molecule has 0 aromatic heterocycles. The van der Waals surface area contributed by atoms with Gasteiger partial charge < -0.3 is 14.8 Å². The lowest BCUT2D eigenvalue weighted by molar-refractivity contribution is -0.116. The molecule has 1 aliphatic heterocycles. The van der Waals surface area contributed by atoms with E-state index in [1.165, 1.54) is 24.3 Å². The number of halogens is 1. The van der Waals surface area contributed by atoms with Gasteiger partial charge in [-0.05, 0) is 42.8 Å². The van der Waals surface area contributed by atoms with Crippen LogP contribution in [0.5, 0.6) is 11.5 Å². The molecule has 1 N–H and O–H groups in total. The SMILES string of the molecule is CS(=O)(=O)N(CCCC(=O)Nc1ccc2c(c1)OCO2)c1ccc(F)cc1. The second-order valence-corrected chi connectivity index (χ2v) is 7.94.